The first kappa shape index (κ1) is 28.3. The van der Waals surface area contributed by atoms with Gasteiger partial charge in [0.05, 0.1) is 11.1 Å². The number of ether oxygens (including phenoxy) is 1. The Balaban J connectivity index is 1.25. The summed E-state index contributed by atoms with van der Waals surface area (Å²) >= 11 is 0. The van der Waals surface area contributed by atoms with Crippen LogP contribution in [0.1, 0.15) is 27.8 Å². The van der Waals surface area contributed by atoms with E-state index in [2.05, 4.69) is 176 Å². The summed E-state index contributed by atoms with van der Waals surface area (Å²) in [6.07, 6.45) is 0. The molecule has 3 nitrogen and oxygen atoms in total. The van der Waals surface area contributed by atoms with Crippen LogP contribution in [0.3, 0.4) is 0 Å². The number of rotatable bonds is 3. The SMILES string of the molecule is Cc1ccccc1N(c1ccc2c(c1)C1(c3ccccc3Oc3c1ccc1ccccc31)c1ccccc1-2)c1cccc2c1oc1ccccc12. The summed E-state index contributed by atoms with van der Waals surface area (Å²) in [6.45, 7) is 2.18. The molecule has 11 rings (SSSR count). The number of aryl methyl sites for hydroxylation is 1. The van der Waals surface area contributed by atoms with E-state index in [0.29, 0.717) is 0 Å². The zero-order valence-corrected chi connectivity index (χ0v) is 27.9. The second-order valence-electron chi connectivity index (χ2n) is 13.7. The molecular formula is C48H31NO2. The van der Waals surface area contributed by atoms with Crippen molar-refractivity contribution in [2.45, 2.75) is 12.3 Å². The molecule has 0 fully saturated rings. The van der Waals surface area contributed by atoms with Crippen LogP contribution >= 0.6 is 0 Å². The van der Waals surface area contributed by atoms with E-state index >= 15 is 0 Å². The van der Waals surface area contributed by atoms with Gasteiger partial charge in [0.1, 0.15) is 17.1 Å². The molecule has 0 radical (unpaired) electrons. The predicted octanol–water partition coefficient (Wildman–Crippen LogP) is 13.0. The minimum atomic E-state index is -0.598. The van der Waals surface area contributed by atoms with Gasteiger partial charge in [0.25, 0.3) is 0 Å². The predicted molar refractivity (Wildman–Crippen MR) is 208 cm³/mol. The van der Waals surface area contributed by atoms with E-state index in [1.165, 1.54) is 27.8 Å². The highest BCUT2D eigenvalue weighted by Crippen LogP contribution is 2.63. The van der Waals surface area contributed by atoms with Crippen LogP contribution in [0.4, 0.5) is 17.1 Å². The van der Waals surface area contributed by atoms with Crippen molar-refractivity contribution in [3.63, 3.8) is 0 Å². The molecule has 1 aromatic heterocycles. The zero-order valence-electron chi connectivity index (χ0n) is 27.9. The van der Waals surface area contributed by atoms with Crippen molar-refractivity contribution >= 4 is 49.8 Å². The Morgan fingerprint density at radius 1 is 0.490 bits per heavy atom. The van der Waals surface area contributed by atoms with Crippen LogP contribution < -0.4 is 9.64 Å². The number of hydrogen-bond donors (Lipinski definition) is 0. The number of para-hydroxylation sites is 4. The molecule has 0 bridgehead atoms. The molecule has 8 aromatic carbocycles. The molecule has 240 valence electrons. The first-order valence-corrected chi connectivity index (χ1v) is 17.5. The van der Waals surface area contributed by atoms with Crippen LogP contribution in [0.15, 0.2) is 174 Å². The molecule has 2 heterocycles. The lowest BCUT2D eigenvalue weighted by Crippen LogP contribution is -2.32. The Kier molecular flexibility index (Phi) is 5.80. The Morgan fingerprint density at radius 3 is 2.12 bits per heavy atom. The molecule has 0 amide bonds. The van der Waals surface area contributed by atoms with E-state index in [4.69, 9.17) is 9.15 Å². The van der Waals surface area contributed by atoms with Crippen LogP contribution in [0, 0.1) is 6.92 Å². The summed E-state index contributed by atoms with van der Waals surface area (Å²) in [4.78, 5) is 2.38. The van der Waals surface area contributed by atoms with Gasteiger partial charge in [-0.25, -0.2) is 0 Å². The van der Waals surface area contributed by atoms with Gasteiger partial charge in [-0.3, -0.25) is 0 Å². The molecule has 0 saturated heterocycles. The smallest absolute Gasteiger partial charge is 0.159 e. The highest BCUT2D eigenvalue weighted by atomic mass is 16.5. The van der Waals surface area contributed by atoms with Crippen LogP contribution in [-0.4, -0.2) is 0 Å². The van der Waals surface area contributed by atoms with Crippen molar-refractivity contribution in [3.05, 3.63) is 198 Å². The Labute approximate surface area is 295 Å². The van der Waals surface area contributed by atoms with Gasteiger partial charge in [-0.1, -0.05) is 133 Å². The van der Waals surface area contributed by atoms with Crippen molar-refractivity contribution in [1.29, 1.82) is 0 Å². The van der Waals surface area contributed by atoms with Crippen molar-refractivity contribution in [2.24, 2.45) is 0 Å². The summed E-state index contributed by atoms with van der Waals surface area (Å²) in [6, 6.07) is 61.0. The Morgan fingerprint density at radius 2 is 1.20 bits per heavy atom. The maximum absolute atomic E-state index is 6.89. The molecule has 2 aliphatic rings. The van der Waals surface area contributed by atoms with E-state index in [1.807, 2.05) is 6.07 Å². The van der Waals surface area contributed by atoms with E-state index in [1.54, 1.807) is 0 Å². The normalized spacial score (nSPS) is 15.4. The largest absolute Gasteiger partial charge is 0.456 e. The molecule has 1 atom stereocenters. The monoisotopic (exact) mass is 653 g/mol. The molecule has 51 heavy (non-hydrogen) atoms. The third-order valence-electron chi connectivity index (χ3n) is 11.1. The topological polar surface area (TPSA) is 25.6 Å². The molecule has 9 aromatic rings. The maximum atomic E-state index is 6.89. The number of nitrogens with zero attached hydrogens (tertiary/aromatic N) is 1. The van der Waals surface area contributed by atoms with Gasteiger partial charge in [0.15, 0.2) is 5.58 Å². The minimum Gasteiger partial charge on any atom is -0.456 e. The molecule has 0 saturated carbocycles. The molecule has 1 aliphatic carbocycles. The summed E-state index contributed by atoms with van der Waals surface area (Å²) in [5.41, 5.74) is 12.8. The second kappa shape index (κ2) is 10.5. The first-order chi connectivity index (χ1) is 25.2. The van der Waals surface area contributed by atoms with E-state index < -0.39 is 5.41 Å². The average Bonchev–Trinajstić information content (AvgIpc) is 3.70. The summed E-state index contributed by atoms with van der Waals surface area (Å²) in [5, 5.41) is 4.50. The summed E-state index contributed by atoms with van der Waals surface area (Å²) < 4.78 is 13.6. The third kappa shape index (κ3) is 3.78. The molecule has 1 spiro atoms. The third-order valence-corrected chi connectivity index (χ3v) is 11.1. The number of furan rings is 1. The van der Waals surface area contributed by atoms with Crippen molar-refractivity contribution in [2.75, 3.05) is 4.90 Å². The van der Waals surface area contributed by atoms with E-state index in [9.17, 15) is 0 Å². The molecular weight excluding hydrogens is 623 g/mol. The zero-order chi connectivity index (χ0) is 33.7. The van der Waals surface area contributed by atoms with Crippen molar-refractivity contribution < 1.29 is 9.15 Å². The van der Waals surface area contributed by atoms with Crippen molar-refractivity contribution in [3.8, 4) is 22.6 Å². The van der Waals surface area contributed by atoms with Gasteiger partial charge in [0.2, 0.25) is 0 Å². The lowest BCUT2D eigenvalue weighted by Gasteiger charge is -2.40. The highest BCUT2D eigenvalue weighted by molar-refractivity contribution is 6.10. The fourth-order valence-corrected chi connectivity index (χ4v) is 8.89. The van der Waals surface area contributed by atoms with Gasteiger partial charge in [-0.15, -0.1) is 0 Å². The van der Waals surface area contributed by atoms with Crippen LogP contribution in [0.2, 0.25) is 0 Å². The quantitative estimate of drug-likeness (QED) is 0.190. The molecule has 3 heteroatoms. The Bertz CT molecular complexity index is 2880. The number of fused-ring (bicyclic) bond motifs is 14. The highest BCUT2D eigenvalue weighted by Gasteiger charge is 2.51. The van der Waals surface area contributed by atoms with E-state index in [-0.39, 0.29) is 0 Å². The molecule has 0 N–H and O–H groups in total. The van der Waals surface area contributed by atoms with Crippen LogP contribution in [0.25, 0.3) is 43.8 Å². The van der Waals surface area contributed by atoms with Gasteiger partial charge < -0.3 is 14.1 Å². The lowest BCUT2D eigenvalue weighted by atomic mass is 9.65. The first-order valence-electron chi connectivity index (χ1n) is 17.5. The summed E-state index contributed by atoms with van der Waals surface area (Å²) in [5.74, 6) is 1.81. The standard InChI is InChI=1S/C48H31NO2/c1-30-13-2-9-21-42(30)49(43-22-12-18-37-36-17-6-10-23-44(36)50-47(37)43)32-26-27-35-34-16-5-7-19-38(34)48(41(35)29-32)39-20-8-11-24-45(39)51-46-33-15-4-3-14-31(33)25-28-40(46)48/h2-29H,1H3. The van der Waals surface area contributed by atoms with Gasteiger partial charge in [-0.2, -0.15) is 0 Å². The average molecular weight is 654 g/mol. The number of anilines is 3. The molecule has 1 unspecified atom stereocenters. The fourth-order valence-electron chi connectivity index (χ4n) is 8.89. The van der Waals surface area contributed by atoms with Gasteiger partial charge >= 0.3 is 0 Å². The Hall–Kier alpha value is -6.58. The molecule has 1 aliphatic heterocycles. The van der Waals surface area contributed by atoms with Gasteiger partial charge in [-0.05, 0) is 76.5 Å². The van der Waals surface area contributed by atoms with Crippen molar-refractivity contribution in [1.82, 2.24) is 0 Å². The van der Waals surface area contributed by atoms with Gasteiger partial charge in [0, 0.05) is 38.7 Å². The van der Waals surface area contributed by atoms with Crippen LogP contribution in [0.5, 0.6) is 11.5 Å². The second-order valence-corrected chi connectivity index (χ2v) is 13.7. The summed E-state index contributed by atoms with van der Waals surface area (Å²) in [7, 11) is 0. The fraction of sp³-hybridized carbons (Fsp3) is 0.0417. The number of hydrogen-bond acceptors (Lipinski definition) is 3. The number of benzene rings is 8. The maximum Gasteiger partial charge on any atom is 0.159 e. The van der Waals surface area contributed by atoms with Crippen LogP contribution in [-0.2, 0) is 5.41 Å². The van der Waals surface area contributed by atoms with E-state index in [0.717, 1.165) is 72.4 Å². The lowest BCUT2D eigenvalue weighted by molar-refractivity contribution is 0.441. The minimum absolute atomic E-state index is 0.598.